The van der Waals surface area contributed by atoms with Gasteiger partial charge in [0.1, 0.15) is 12.4 Å². The van der Waals surface area contributed by atoms with E-state index in [1.807, 2.05) is 0 Å². The molecule has 1 heterocycles. The summed E-state index contributed by atoms with van der Waals surface area (Å²) in [5.74, 6) is 2.33. The zero-order valence-corrected chi connectivity index (χ0v) is 23.9. The molecule has 0 bridgehead atoms. The number of aryl methyl sites for hydroxylation is 2. The molecule has 0 atom stereocenters. The number of aromatic amines is 1. The van der Waals surface area contributed by atoms with Crippen LogP contribution < -0.4 is 4.57 Å². The van der Waals surface area contributed by atoms with Gasteiger partial charge in [0.25, 0.3) is 5.82 Å². The number of nitrogens with one attached hydrogen (secondary N) is 1. The molecule has 2 nitrogen and oxygen atoms in total. The van der Waals surface area contributed by atoms with Gasteiger partial charge in [-0.3, -0.25) is 0 Å². The highest BCUT2D eigenvalue weighted by atomic mass is 15.1. The smallest absolute Gasteiger partial charge is 0.248 e. The van der Waals surface area contributed by atoms with E-state index in [0.29, 0.717) is 0 Å². The first kappa shape index (κ1) is 31.2. The fraction of sp³-hybridized carbons (Fsp3) is 0.906. The molecule has 0 aliphatic carbocycles. The van der Waals surface area contributed by atoms with E-state index in [9.17, 15) is 0 Å². The van der Waals surface area contributed by atoms with Gasteiger partial charge in [-0.2, -0.15) is 0 Å². The highest BCUT2D eigenvalue weighted by Gasteiger charge is 2.09. The van der Waals surface area contributed by atoms with Crippen LogP contribution in [0, 0.1) is 5.92 Å². The molecule has 0 amide bonds. The molecule has 0 radical (unpaired) electrons. The van der Waals surface area contributed by atoms with E-state index in [1.165, 1.54) is 166 Å². The van der Waals surface area contributed by atoms with E-state index in [2.05, 4.69) is 42.7 Å². The van der Waals surface area contributed by atoms with Crippen LogP contribution in [0.3, 0.4) is 0 Å². The minimum Gasteiger partial charge on any atom is -0.248 e. The summed E-state index contributed by atoms with van der Waals surface area (Å²) in [6.07, 6.45) is 38.5. The van der Waals surface area contributed by atoms with E-state index >= 15 is 0 Å². The lowest BCUT2D eigenvalue weighted by atomic mass is 10.0. The second-order valence-corrected chi connectivity index (χ2v) is 11.5. The molecule has 1 aromatic heterocycles. The van der Waals surface area contributed by atoms with Crippen molar-refractivity contribution in [2.75, 3.05) is 0 Å². The predicted octanol–water partition coefficient (Wildman–Crippen LogP) is 10.5. The van der Waals surface area contributed by atoms with Gasteiger partial charge in [-0.15, -0.1) is 0 Å². The Morgan fingerprint density at radius 3 is 1.53 bits per heavy atom. The van der Waals surface area contributed by atoms with Crippen molar-refractivity contribution in [3.8, 4) is 0 Å². The number of unbranched alkanes of at least 4 members (excludes halogenated alkanes) is 20. The summed E-state index contributed by atoms with van der Waals surface area (Å²) in [5, 5.41) is 0. The molecule has 1 aromatic rings. The molecule has 2 heteroatoms. The number of aromatic nitrogens is 2. The van der Waals surface area contributed by atoms with Crippen LogP contribution in [0.2, 0.25) is 0 Å². The molecule has 0 spiro atoms. The third kappa shape index (κ3) is 19.5. The average molecular weight is 476 g/mol. The van der Waals surface area contributed by atoms with E-state index in [0.717, 1.165) is 5.92 Å². The molecule has 200 valence electrons. The lowest BCUT2D eigenvalue weighted by Crippen LogP contribution is -2.36. The Kier molecular flexibility index (Phi) is 22.0. The summed E-state index contributed by atoms with van der Waals surface area (Å²) in [5.41, 5.74) is 0. The highest BCUT2D eigenvalue weighted by molar-refractivity contribution is 4.77. The number of imidazole rings is 1. The third-order valence-electron chi connectivity index (χ3n) is 7.55. The van der Waals surface area contributed by atoms with Crippen LogP contribution >= 0.6 is 0 Å². The first-order valence-corrected chi connectivity index (χ1v) is 15.8. The van der Waals surface area contributed by atoms with Gasteiger partial charge in [0.2, 0.25) is 0 Å². The van der Waals surface area contributed by atoms with Crippen molar-refractivity contribution in [2.24, 2.45) is 5.92 Å². The highest BCUT2D eigenvalue weighted by Crippen LogP contribution is 2.14. The molecule has 0 saturated carbocycles. The van der Waals surface area contributed by atoms with Gasteiger partial charge in [0.05, 0.1) is 6.54 Å². The van der Waals surface area contributed by atoms with E-state index in [-0.39, 0.29) is 0 Å². The van der Waals surface area contributed by atoms with Crippen molar-refractivity contribution >= 4 is 0 Å². The largest absolute Gasteiger partial charge is 0.254 e. The summed E-state index contributed by atoms with van der Waals surface area (Å²) in [7, 11) is 0. The molecular weight excluding hydrogens is 412 g/mol. The minimum atomic E-state index is 0.886. The van der Waals surface area contributed by atoms with Gasteiger partial charge >= 0.3 is 0 Å². The van der Waals surface area contributed by atoms with Crippen LogP contribution in [0.25, 0.3) is 0 Å². The van der Waals surface area contributed by atoms with E-state index < -0.39 is 0 Å². The Morgan fingerprint density at radius 1 is 0.588 bits per heavy atom. The number of H-pyrrole nitrogens is 1. The molecule has 0 aliphatic heterocycles. The van der Waals surface area contributed by atoms with Crippen molar-refractivity contribution in [1.29, 1.82) is 0 Å². The summed E-state index contributed by atoms with van der Waals surface area (Å²) in [6, 6.07) is 0. The summed E-state index contributed by atoms with van der Waals surface area (Å²) in [6.45, 7) is 8.19. The third-order valence-corrected chi connectivity index (χ3v) is 7.55. The summed E-state index contributed by atoms with van der Waals surface area (Å²) in [4.78, 5) is 3.50. The van der Waals surface area contributed by atoms with Gasteiger partial charge in [0.15, 0.2) is 0 Å². The Labute approximate surface area is 215 Å². The lowest BCUT2D eigenvalue weighted by molar-refractivity contribution is -0.703. The Morgan fingerprint density at radius 2 is 1.03 bits per heavy atom. The maximum atomic E-state index is 3.50. The number of rotatable bonds is 26. The zero-order valence-electron chi connectivity index (χ0n) is 23.9. The standard InChI is InChI=1S/C32H62N2/c1-4-5-6-7-8-9-13-16-19-22-25-29-34-30-28-33-32(34)27-24-21-18-15-12-10-11-14-17-20-23-26-31(2)3/h28,30-31H,4-27,29H2,1-3H3/p+1. The van der Waals surface area contributed by atoms with Gasteiger partial charge < -0.3 is 0 Å². The molecule has 0 unspecified atom stereocenters. The van der Waals surface area contributed by atoms with Gasteiger partial charge in [-0.05, 0) is 25.2 Å². The molecule has 0 aromatic carbocycles. The van der Waals surface area contributed by atoms with Crippen molar-refractivity contribution in [3.63, 3.8) is 0 Å². The lowest BCUT2D eigenvalue weighted by Gasteiger charge is -2.05. The molecular formula is C32H63N2+. The molecule has 1 rings (SSSR count). The maximum absolute atomic E-state index is 3.50. The zero-order chi connectivity index (χ0) is 24.5. The van der Waals surface area contributed by atoms with Crippen molar-refractivity contribution < 1.29 is 4.57 Å². The van der Waals surface area contributed by atoms with E-state index in [4.69, 9.17) is 0 Å². The maximum Gasteiger partial charge on any atom is 0.254 e. The minimum absolute atomic E-state index is 0.886. The van der Waals surface area contributed by atoms with E-state index in [1.54, 1.807) is 0 Å². The second kappa shape index (κ2) is 23.9. The fourth-order valence-electron chi connectivity index (χ4n) is 5.20. The first-order valence-electron chi connectivity index (χ1n) is 15.8. The monoisotopic (exact) mass is 475 g/mol. The first-order chi connectivity index (χ1) is 16.7. The number of hydrogen-bond donors (Lipinski definition) is 1. The van der Waals surface area contributed by atoms with Crippen LogP contribution in [-0.4, -0.2) is 4.98 Å². The molecule has 0 saturated heterocycles. The average Bonchev–Trinajstić information content (AvgIpc) is 3.27. The Bertz CT molecular complexity index is 519. The molecule has 1 N–H and O–H groups in total. The van der Waals surface area contributed by atoms with Crippen molar-refractivity contribution in [2.45, 2.75) is 181 Å². The Hall–Kier alpha value is -0.790. The number of hydrogen-bond acceptors (Lipinski definition) is 0. The second-order valence-electron chi connectivity index (χ2n) is 11.5. The SMILES string of the molecule is CCCCCCCCCCCCC[n+]1cc[nH]c1CCCCCCCCCCCCCC(C)C. The van der Waals surface area contributed by atoms with Gasteiger partial charge in [0, 0.05) is 6.42 Å². The predicted molar refractivity (Wildman–Crippen MR) is 151 cm³/mol. The van der Waals surface area contributed by atoms with Gasteiger partial charge in [-0.25, -0.2) is 9.55 Å². The molecule has 0 aliphatic rings. The van der Waals surface area contributed by atoms with Crippen LogP contribution in [-0.2, 0) is 13.0 Å². The van der Waals surface area contributed by atoms with Crippen molar-refractivity contribution in [1.82, 2.24) is 4.98 Å². The normalized spacial score (nSPS) is 11.6. The molecule has 34 heavy (non-hydrogen) atoms. The summed E-state index contributed by atoms with van der Waals surface area (Å²) < 4.78 is 2.48. The quantitative estimate of drug-likeness (QED) is 0.101. The van der Waals surface area contributed by atoms with Crippen LogP contribution in [0.4, 0.5) is 0 Å². The van der Waals surface area contributed by atoms with Crippen LogP contribution in [0.15, 0.2) is 12.4 Å². The van der Waals surface area contributed by atoms with Crippen molar-refractivity contribution in [3.05, 3.63) is 18.2 Å². The summed E-state index contributed by atoms with van der Waals surface area (Å²) >= 11 is 0. The number of nitrogens with zero attached hydrogens (tertiary/aromatic N) is 1. The molecule has 0 fully saturated rings. The van der Waals surface area contributed by atoms with Crippen LogP contribution in [0.5, 0.6) is 0 Å². The topological polar surface area (TPSA) is 19.7 Å². The van der Waals surface area contributed by atoms with Crippen LogP contribution in [0.1, 0.15) is 174 Å². The Balaban J connectivity index is 1.88. The van der Waals surface area contributed by atoms with Gasteiger partial charge in [-0.1, -0.05) is 149 Å². The fourth-order valence-corrected chi connectivity index (χ4v) is 5.20.